The monoisotopic (exact) mass is 418 g/mol. The van der Waals surface area contributed by atoms with Crippen molar-refractivity contribution in [3.05, 3.63) is 65.5 Å². The molecule has 2 aromatic carbocycles. The predicted molar refractivity (Wildman–Crippen MR) is 96.5 cm³/mol. The minimum absolute atomic E-state index is 0.00362. The Hall–Kier alpha value is -2.62. The lowest BCUT2D eigenvalue weighted by Crippen LogP contribution is -2.47. The Kier molecular flexibility index (Phi) is 6.33. The van der Waals surface area contributed by atoms with Crippen LogP contribution in [0, 0.1) is 5.82 Å². The molecule has 1 atom stereocenters. The van der Waals surface area contributed by atoms with Crippen LogP contribution in [0.5, 0.6) is 0 Å². The van der Waals surface area contributed by atoms with Gasteiger partial charge in [0.25, 0.3) is 0 Å². The molecule has 5 nitrogen and oxygen atoms in total. The van der Waals surface area contributed by atoms with Gasteiger partial charge in [0.15, 0.2) is 0 Å². The molecular weight excluding hydrogens is 400 g/mol. The number of amides is 1. The van der Waals surface area contributed by atoms with E-state index >= 15 is 0 Å². The Morgan fingerprint density at radius 3 is 2.29 bits per heavy atom. The second-order valence-electron chi connectivity index (χ2n) is 6.13. The fourth-order valence-corrected chi connectivity index (χ4v) is 3.73. The maximum absolute atomic E-state index is 13.0. The van der Waals surface area contributed by atoms with Gasteiger partial charge in [0.05, 0.1) is 17.5 Å². The number of nitrogens with zero attached hydrogens (tertiary/aromatic N) is 1. The van der Waals surface area contributed by atoms with Gasteiger partial charge in [-0.25, -0.2) is 12.8 Å². The quantitative estimate of drug-likeness (QED) is 0.732. The highest BCUT2D eigenvalue weighted by atomic mass is 32.2. The van der Waals surface area contributed by atoms with E-state index in [4.69, 9.17) is 0 Å². The lowest BCUT2D eigenvalue weighted by atomic mass is 10.1. The van der Waals surface area contributed by atoms with Gasteiger partial charge in [-0.3, -0.25) is 9.10 Å². The van der Waals surface area contributed by atoms with Crippen molar-refractivity contribution < 1.29 is 30.8 Å². The Morgan fingerprint density at radius 1 is 1.14 bits per heavy atom. The van der Waals surface area contributed by atoms with E-state index in [0.29, 0.717) is 15.9 Å². The van der Waals surface area contributed by atoms with Crippen LogP contribution in [0.25, 0.3) is 0 Å². The number of rotatable bonds is 6. The van der Waals surface area contributed by atoms with Gasteiger partial charge in [-0.2, -0.15) is 13.2 Å². The molecule has 1 amide bonds. The lowest BCUT2D eigenvalue weighted by Gasteiger charge is -2.28. The van der Waals surface area contributed by atoms with Crippen LogP contribution in [-0.4, -0.2) is 26.6 Å². The fraction of sp³-hybridized carbons (Fsp3) is 0.278. The number of hydrogen-bond donors (Lipinski definition) is 1. The highest BCUT2D eigenvalue weighted by Crippen LogP contribution is 2.32. The summed E-state index contributed by atoms with van der Waals surface area (Å²) in [6.07, 6.45) is -3.86. The third-order valence-electron chi connectivity index (χ3n) is 3.90. The van der Waals surface area contributed by atoms with Gasteiger partial charge in [0, 0.05) is 6.54 Å². The van der Waals surface area contributed by atoms with Crippen molar-refractivity contribution in [1.29, 1.82) is 0 Å². The molecule has 0 radical (unpaired) electrons. The highest BCUT2D eigenvalue weighted by Gasteiger charge is 2.34. The number of halogens is 4. The van der Waals surface area contributed by atoms with Crippen molar-refractivity contribution in [2.45, 2.75) is 25.7 Å². The molecule has 0 bridgehead atoms. The molecule has 0 aliphatic heterocycles. The minimum Gasteiger partial charge on any atom is -0.350 e. The normalized spacial score (nSPS) is 13.1. The molecule has 0 aliphatic carbocycles. The number of anilines is 1. The third-order valence-corrected chi connectivity index (χ3v) is 5.14. The second kappa shape index (κ2) is 8.17. The van der Waals surface area contributed by atoms with E-state index in [1.165, 1.54) is 37.3 Å². The van der Waals surface area contributed by atoms with Gasteiger partial charge in [-0.15, -0.1) is 0 Å². The van der Waals surface area contributed by atoms with Crippen LogP contribution in [0.1, 0.15) is 18.1 Å². The molecular formula is C18H18F4N2O3S. The molecule has 0 saturated carbocycles. The number of hydrogen-bond acceptors (Lipinski definition) is 3. The van der Waals surface area contributed by atoms with E-state index in [9.17, 15) is 30.8 Å². The lowest BCUT2D eigenvalue weighted by molar-refractivity contribution is -0.137. The zero-order chi connectivity index (χ0) is 21.1. The van der Waals surface area contributed by atoms with Crippen LogP contribution in [0.4, 0.5) is 23.2 Å². The van der Waals surface area contributed by atoms with Gasteiger partial charge in [-0.1, -0.05) is 18.2 Å². The van der Waals surface area contributed by atoms with Crippen molar-refractivity contribution in [1.82, 2.24) is 5.32 Å². The van der Waals surface area contributed by atoms with Crippen molar-refractivity contribution in [3.63, 3.8) is 0 Å². The van der Waals surface area contributed by atoms with E-state index in [-0.39, 0.29) is 12.2 Å². The van der Waals surface area contributed by atoms with Crippen LogP contribution >= 0.6 is 0 Å². The molecule has 152 valence electrons. The van der Waals surface area contributed by atoms with Gasteiger partial charge in [0.2, 0.25) is 15.9 Å². The van der Waals surface area contributed by atoms with Crippen LogP contribution in [0.3, 0.4) is 0 Å². The topological polar surface area (TPSA) is 66.5 Å². The molecule has 0 saturated heterocycles. The average Bonchev–Trinajstić information content (AvgIpc) is 2.59. The first kappa shape index (κ1) is 21.7. The largest absolute Gasteiger partial charge is 0.416 e. The third kappa shape index (κ3) is 5.44. The first-order valence-corrected chi connectivity index (χ1v) is 9.93. The predicted octanol–water partition coefficient (Wildman–Crippen LogP) is 3.32. The van der Waals surface area contributed by atoms with E-state index in [0.717, 1.165) is 18.4 Å². The molecule has 28 heavy (non-hydrogen) atoms. The van der Waals surface area contributed by atoms with Gasteiger partial charge in [0.1, 0.15) is 11.9 Å². The first-order valence-electron chi connectivity index (χ1n) is 8.08. The standard InChI is InChI=1S/C18H18F4N2O3S/c1-12(17(25)23-11-13-6-8-15(19)9-7-13)24(28(2,26)27)16-5-3-4-14(10-16)18(20,21)22/h3-10,12H,11H2,1-2H3,(H,23,25)/t12-/m1/s1. The maximum Gasteiger partial charge on any atom is 0.416 e. The molecule has 1 N–H and O–H groups in total. The van der Waals surface area contributed by atoms with Crippen LogP contribution in [0.2, 0.25) is 0 Å². The van der Waals surface area contributed by atoms with Gasteiger partial charge < -0.3 is 5.32 Å². The Balaban J connectivity index is 2.25. The summed E-state index contributed by atoms with van der Waals surface area (Å²) in [5.74, 6) is -1.16. The number of sulfonamides is 1. The van der Waals surface area contributed by atoms with E-state index in [1.54, 1.807) is 0 Å². The molecule has 0 fully saturated rings. The summed E-state index contributed by atoms with van der Waals surface area (Å²) in [5.41, 5.74) is -0.730. The van der Waals surface area contributed by atoms with Crippen molar-refractivity contribution in [2.24, 2.45) is 0 Å². The van der Waals surface area contributed by atoms with Crippen LogP contribution in [0.15, 0.2) is 48.5 Å². The summed E-state index contributed by atoms with van der Waals surface area (Å²) in [7, 11) is -4.06. The molecule has 0 aromatic heterocycles. The molecule has 0 aliphatic rings. The number of carbonyl (C=O) groups excluding carboxylic acids is 1. The summed E-state index contributed by atoms with van der Waals surface area (Å²) < 4.78 is 76.7. The zero-order valence-corrected chi connectivity index (χ0v) is 15.8. The number of nitrogens with one attached hydrogen (secondary N) is 1. The maximum atomic E-state index is 13.0. The first-order chi connectivity index (χ1) is 12.9. The van der Waals surface area contributed by atoms with Gasteiger partial charge in [-0.05, 0) is 42.8 Å². The SMILES string of the molecule is C[C@H](C(=O)NCc1ccc(F)cc1)N(c1cccc(C(F)(F)F)c1)S(C)(=O)=O. The highest BCUT2D eigenvalue weighted by molar-refractivity contribution is 7.92. The molecule has 0 unspecified atom stereocenters. The molecule has 2 aromatic rings. The molecule has 0 heterocycles. The number of alkyl halides is 3. The summed E-state index contributed by atoms with van der Waals surface area (Å²) in [4.78, 5) is 12.4. The van der Waals surface area contributed by atoms with Gasteiger partial charge >= 0.3 is 6.18 Å². The Bertz CT molecular complexity index is 944. The van der Waals surface area contributed by atoms with Crippen molar-refractivity contribution in [3.8, 4) is 0 Å². The molecule has 0 spiro atoms. The zero-order valence-electron chi connectivity index (χ0n) is 15.0. The Labute approximate surface area is 160 Å². The summed E-state index contributed by atoms with van der Waals surface area (Å²) in [5, 5.41) is 2.50. The molecule has 2 rings (SSSR count). The fourth-order valence-electron chi connectivity index (χ4n) is 2.57. The smallest absolute Gasteiger partial charge is 0.350 e. The van der Waals surface area contributed by atoms with Crippen molar-refractivity contribution in [2.75, 3.05) is 10.6 Å². The average molecular weight is 418 g/mol. The van der Waals surface area contributed by atoms with Crippen LogP contribution < -0.4 is 9.62 Å². The molecule has 10 heteroatoms. The second-order valence-corrected chi connectivity index (χ2v) is 7.99. The number of carbonyl (C=O) groups is 1. The van der Waals surface area contributed by atoms with E-state index < -0.39 is 39.5 Å². The van der Waals surface area contributed by atoms with Crippen molar-refractivity contribution >= 4 is 21.6 Å². The summed E-state index contributed by atoms with van der Waals surface area (Å²) >= 11 is 0. The Morgan fingerprint density at radius 2 is 1.75 bits per heavy atom. The summed E-state index contributed by atoms with van der Waals surface area (Å²) in [6.45, 7) is 1.27. The van der Waals surface area contributed by atoms with Crippen LogP contribution in [-0.2, 0) is 27.5 Å². The van der Waals surface area contributed by atoms with E-state index in [2.05, 4.69) is 5.32 Å². The number of benzene rings is 2. The van der Waals surface area contributed by atoms with E-state index in [1.807, 2.05) is 0 Å². The minimum atomic E-state index is -4.66. The summed E-state index contributed by atoms with van der Waals surface area (Å²) in [6, 6.07) is 7.72.